The van der Waals surface area contributed by atoms with Gasteiger partial charge in [0.1, 0.15) is 0 Å². The number of hydrogen-bond acceptors (Lipinski definition) is 0. The van der Waals surface area contributed by atoms with Crippen molar-refractivity contribution in [2.24, 2.45) is 0 Å². The maximum absolute atomic E-state index is 2.52. The summed E-state index contributed by atoms with van der Waals surface area (Å²) < 4.78 is 0. The molecule has 0 heteroatoms. The second kappa shape index (κ2) is 15.5. The predicted octanol–water partition coefficient (Wildman–Crippen LogP) is 14.5. The summed E-state index contributed by atoms with van der Waals surface area (Å²) in [5, 5.41) is 5.40. The number of benzene rings is 4. The lowest BCUT2D eigenvalue weighted by Gasteiger charge is -2.26. The summed E-state index contributed by atoms with van der Waals surface area (Å²) in [6.07, 6.45) is 18.8. The third kappa shape index (κ3) is 7.92. The van der Waals surface area contributed by atoms with Crippen molar-refractivity contribution >= 4 is 33.2 Å². The van der Waals surface area contributed by atoms with E-state index in [4.69, 9.17) is 0 Å². The van der Waals surface area contributed by atoms with Crippen LogP contribution in [0.4, 0.5) is 0 Å². The molecule has 0 atom stereocenters. The summed E-state index contributed by atoms with van der Waals surface area (Å²) in [4.78, 5) is 0. The lowest BCUT2D eigenvalue weighted by atomic mass is 9.78. The Morgan fingerprint density at radius 2 is 1.51 bits per heavy atom. The Labute approximate surface area is 286 Å². The molecule has 0 aromatic heterocycles. The lowest BCUT2D eigenvalue weighted by molar-refractivity contribution is 0.450. The Balaban J connectivity index is 1.69. The zero-order valence-electron chi connectivity index (χ0n) is 30.7. The van der Waals surface area contributed by atoms with Crippen LogP contribution in [0.1, 0.15) is 141 Å². The van der Waals surface area contributed by atoms with E-state index in [9.17, 15) is 0 Å². The molecule has 47 heavy (non-hydrogen) atoms. The molecule has 4 aromatic rings. The van der Waals surface area contributed by atoms with Gasteiger partial charge in [0.15, 0.2) is 0 Å². The van der Waals surface area contributed by atoms with Gasteiger partial charge in [0.05, 0.1) is 0 Å². The second-order valence-electron chi connectivity index (χ2n) is 14.8. The number of rotatable bonds is 13. The van der Waals surface area contributed by atoms with Gasteiger partial charge in [0.2, 0.25) is 0 Å². The van der Waals surface area contributed by atoms with Crippen molar-refractivity contribution in [3.05, 3.63) is 129 Å². The molecule has 0 spiro atoms. The van der Waals surface area contributed by atoms with Crippen molar-refractivity contribution in [1.82, 2.24) is 0 Å². The van der Waals surface area contributed by atoms with Gasteiger partial charge in [-0.2, -0.15) is 0 Å². The minimum atomic E-state index is 0.159. The van der Waals surface area contributed by atoms with Crippen molar-refractivity contribution in [1.29, 1.82) is 0 Å². The second-order valence-corrected chi connectivity index (χ2v) is 14.8. The van der Waals surface area contributed by atoms with Gasteiger partial charge in [-0.15, -0.1) is 0 Å². The average Bonchev–Trinajstić information content (AvgIpc) is 3.25. The SMILES string of the molecule is CCCCCC(C)(C)c1ccc2ccc3c(c2c1)C=CCC(CCC)=C3c1cc2ccccc2cc1CCC(C)=C(C)C=C(C)CC. The minimum Gasteiger partial charge on any atom is -0.0798 e. The Hall–Kier alpha value is -3.64. The first kappa shape index (κ1) is 34.7. The highest BCUT2D eigenvalue weighted by Gasteiger charge is 2.24. The predicted molar refractivity (Wildman–Crippen MR) is 210 cm³/mol. The number of aryl methyl sites for hydroxylation is 1. The molecular formula is C47H58. The Morgan fingerprint density at radius 3 is 2.23 bits per heavy atom. The molecule has 0 bridgehead atoms. The number of allylic oxidation sites excluding steroid dienone is 6. The maximum atomic E-state index is 2.52. The molecule has 5 rings (SSSR count). The molecule has 0 N–H and O–H groups in total. The summed E-state index contributed by atoms with van der Waals surface area (Å²) in [5.41, 5.74) is 14.7. The molecular weight excluding hydrogens is 565 g/mol. The minimum absolute atomic E-state index is 0.159. The molecule has 0 fully saturated rings. The van der Waals surface area contributed by atoms with E-state index in [0.29, 0.717) is 0 Å². The van der Waals surface area contributed by atoms with Crippen molar-refractivity contribution in [3.8, 4) is 0 Å². The quantitative estimate of drug-likeness (QED) is 0.103. The molecule has 0 amide bonds. The lowest BCUT2D eigenvalue weighted by Crippen LogP contribution is -2.17. The van der Waals surface area contributed by atoms with E-state index in [-0.39, 0.29) is 5.41 Å². The highest BCUT2D eigenvalue weighted by Crippen LogP contribution is 2.42. The van der Waals surface area contributed by atoms with Crippen LogP contribution in [0.15, 0.2) is 101 Å². The van der Waals surface area contributed by atoms with Crippen LogP contribution in [0.5, 0.6) is 0 Å². The zero-order valence-corrected chi connectivity index (χ0v) is 30.7. The Morgan fingerprint density at radius 1 is 0.766 bits per heavy atom. The molecule has 1 aliphatic carbocycles. The molecule has 0 saturated carbocycles. The molecule has 0 heterocycles. The van der Waals surface area contributed by atoms with Crippen LogP contribution in [0.25, 0.3) is 33.2 Å². The van der Waals surface area contributed by atoms with Crippen molar-refractivity contribution in [2.75, 3.05) is 0 Å². The van der Waals surface area contributed by atoms with Crippen molar-refractivity contribution in [2.45, 2.75) is 125 Å². The van der Waals surface area contributed by atoms with Gasteiger partial charge in [0, 0.05) is 0 Å². The van der Waals surface area contributed by atoms with E-state index in [0.717, 1.165) is 38.5 Å². The fourth-order valence-corrected chi connectivity index (χ4v) is 7.44. The van der Waals surface area contributed by atoms with E-state index in [1.807, 2.05) is 0 Å². The van der Waals surface area contributed by atoms with Crippen LogP contribution >= 0.6 is 0 Å². The van der Waals surface area contributed by atoms with Gasteiger partial charge >= 0.3 is 0 Å². The number of unbranched alkanes of at least 4 members (excludes halogenated alkanes) is 2. The summed E-state index contributed by atoms with van der Waals surface area (Å²) in [6.45, 7) is 18.6. The van der Waals surface area contributed by atoms with Gasteiger partial charge in [-0.25, -0.2) is 0 Å². The van der Waals surface area contributed by atoms with Gasteiger partial charge in [-0.3, -0.25) is 0 Å². The molecule has 0 saturated heterocycles. The van der Waals surface area contributed by atoms with Crippen LogP contribution in [-0.2, 0) is 11.8 Å². The van der Waals surface area contributed by atoms with Crippen LogP contribution in [0.2, 0.25) is 0 Å². The van der Waals surface area contributed by atoms with E-state index < -0.39 is 0 Å². The standard InChI is InChI=1S/C47H58/c1-9-12-15-28-47(7,8)41-26-24-36-25-27-43-42(44(36)32-41)21-16-20-37(17-10-2)46(43)45-31-39-19-14-13-18-38(39)30-40(45)23-22-34(5)35(6)29-33(4)11-3/h13-14,16,18-19,21,24-27,29-32H,9-12,15,17,20,22-23,28H2,1-8H3. The molecule has 0 nitrogen and oxygen atoms in total. The molecule has 0 radical (unpaired) electrons. The van der Waals surface area contributed by atoms with Gasteiger partial charge in [0.25, 0.3) is 0 Å². The Kier molecular flexibility index (Phi) is 11.4. The van der Waals surface area contributed by atoms with Crippen molar-refractivity contribution in [3.63, 3.8) is 0 Å². The normalized spacial score (nSPS) is 14.5. The van der Waals surface area contributed by atoms with Crippen LogP contribution in [0.3, 0.4) is 0 Å². The van der Waals surface area contributed by atoms with E-state index >= 15 is 0 Å². The zero-order chi connectivity index (χ0) is 33.6. The third-order valence-corrected chi connectivity index (χ3v) is 10.8. The number of hydrogen-bond donors (Lipinski definition) is 0. The fraction of sp³-hybridized carbons (Fsp3) is 0.404. The van der Waals surface area contributed by atoms with Crippen LogP contribution in [0, 0.1) is 0 Å². The van der Waals surface area contributed by atoms with Crippen molar-refractivity contribution < 1.29 is 0 Å². The maximum Gasteiger partial charge on any atom is -0.00993 e. The van der Waals surface area contributed by atoms with Crippen LogP contribution in [-0.4, -0.2) is 0 Å². The summed E-state index contributed by atoms with van der Waals surface area (Å²) in [7, 11) is 0. The molecule has 0 unspecified atom stereocenters. The molecule has 1 aliphatic rings. The van der Waals surface area contributed by atoms with E-state index in [1.54, 1.807) is 5.57 Å². The molecule has 0 aliphatic heterocycles. The topological polar surface area (TPSA) is 0 Å². The molecule has 4 aromatic carbocycles. The van der Waals surface area contributed by atoms with E-state index in [2.05, 4.69) is 140 Å². The highest BCUT2D eigenvalue weighted by atomic mass is 14.3. The third-order valence-electron chi connectivity index (χ3n) is 10.8. The fourth-order valence-electron chi connectivity index (χ4n) is 7.44. The summed E-state index contributed by atoms with van der Waals surface area (Å²) >= 11 is 0. The smallest absolute Gasteiger partial charge is 0.00993 e. The van der Waals surface area contributed by atoms with Gasteiger partial charge in [-0.05, 0) is 132 Å². The van der Waals surface area contributed by atoms with E-state index in [1.165, 1.54) is 97.3 Å². The van der Waals surface area contributed by atoms with Crippen LogP contribution < -0.4 is 0 Å². The molecule has 246 valence electrons. The highest BCUT2D eigenvalue weighted by molar-refractivity contribution is 6.01. The average molecular weight is 623 g/mol. The first-order valence-corrected chi connectivity index (χ1v) is 18.5. The first-order valence-electron chi connectivity index (χ1n) is 18.5. The largest absolute Gasteiger partial charge is 0.0798 e. The first-order chi connectivity index (χ1) is 22.7. The van der Waals surface area contributed by atoms with Gasteiger partial charge in [-0.1, -0.05) is 155 Å². The number of fused-ring (bicyclic) bond motifs is 4. The van der Waals surface area contributed by atoms with Gasteiger partial charge < -0.3 is 0 Å². The summed E-state index contributed by atoms with van der Waals surface area (Å²) in [6, 6.07) is 26.0. The summed E-state index contributed by atoms with van der Waals surface area (Å²) in [5.74, 6) is 0. The Bertz CT molecular complexity index is 1850. The monoisotopic (exact) mass is 622 g/mol.